The van der Waals surface area contributed by atoms with Crippen LogP contribution in [0.5, 0.6) is 0 Å². The highest BCUT2D eigenvalue weighted by Gasteiger charge is 2.31. The molecule has 0 aliphatic rings. The third kappa shape index (κ3) is 3.75. The van der Waals surface area contributed by atoms with E-state index in [4.69, 9.17) is 0 Å². The number of imidazole rings is 1. The van der Waals surface area contributed by atoms with E-state index in [-0.39, 0.29) is 12.3 Å². The molecule has 3 aromatic rings. The molecular formula is C18H18F3N3OS. The number of aromatic nitrogens is 2. The van der Waals surface area contributed by atoms with E-state index in [9.17, 15) is 18.0 Å². The summed E-state index contributed by atoms with van der Waals surface area (Å²) in [6.45, 7) is 3.95. The molecule has 138 valence electrons. The molecule has 2 heterocycles. The molecule has 0 bridgehead atoms. The van der Waals surface area contributed by atoms with Gasteiger partial charge in [0.15, 0.2) is 4.96 Å². The van der Waals surface area contributed by atoms with E-state index in [2.05, 4.69) is 4.98 Å². The van der Waals surface area contributed by atoms with Gasteiger partial charge < -0.3 is 4.90 Å². The van der Waals surface area contributed by atoms with Gasteiger partial charge in [-0.1, -0.05) is 12.1 Å². The van der Waals surface area contributed by atoms with E-state index in [0.717, 1.165) is 17.1 Å². The summed E-state index contributed by atoms with van der Waals surface area (Å²) in [6, 6.07) is 4.66. The van der Waals surface area contributed by atoms with Gasteiger partial charge in [-0.3, -0.25) is 9.20 Å². The minimum absolute atomic E-state index is 0.117. The first-order valence-corrected chi connectivity index (χ1v) is 9.05. The molecule has 3 rings (SSSR count). The van der Waals surface area contributed by atoms with Gasteiger partial charge in [-0.2, -0.15) is 13.2 Å². The Labute approximate surface area is 152 Å². The van der Waals surface area contributed by atoms with Crippen molar-refractivity contribution in [1.82, 2.24) is 14.3 Å². The number of nitrogens with zero attached hydrogens (tertiary/aromatic N) is 3. The number of carbonyl (C=O) groups excluding carboxylic acids is 1. The first-order chi connectivity index (χ1) is 12.3. The third-order valence-corrected chi connectivity index (χ3v) is 5.07. The topological polar surface area (TPSA) is 37.6 Å². The molecule has 0 aliphatic heterocycles. The SMILES string of the molecule is CCN(C(=O)Cc1cn2ccsc2n1)C(C)c1cccc(C(F)(F)F)c1. The number of rotatable bonds is 5. The zero-order valence-electron chi connectivity index (χ0n) is 14.3. The van der Waals surface area contributed by atoms with Gasteiger partial charge in [-0.25, -0.2) is 4.98 Å². The maximum absolute atomic E-state index is 12.9. The zero-order chi connectivity index (χ0) is 18.9. The fraction of sp³-hybridized carbons (Fsp3) is 0.333. The van der Waals surface area contributed by atoms with Crippen molar-refractivity contribution in [3.8, 4) is 0 Å². The van der Waals surface area contributed by atoms with Crippen LogP contribution in [0.2, 0.25) is 0 Å². The van der Waals surface area contributed by atoms with Gasteiger partial charge in [0.25, 0.3) is 0 Å². The second-order valence-corrected chi connectivity index (χ2v) is 6.85. The highest BCUT2D eigenvalue weighted by molar-refractivity contribution is 7.15. The van der Waals surface area contributed by atoms with Crippen LogP contribution < -0.4 is 0 Å². The van der Waals surface area contributed by atoms with Crippen LogP contribution in [0.4, 0.5) is 13.2 Å². The lowest BCUT2D eigenvalue weighted by molar-refractivity contribution is -0.137. The summed E-state index contributed by atoms with van der Waals surface area (Å²) in [7, 11) is 0. The van der Waals surface area contributed by atoms with Crippen molar-refractivity contribution in [2.75, 3.05) is 6.54 Å². The zero-order valence-corrected chi connectivity index (χ0v) is 15.1. The number of fused-ring (bicyclic) bond motifs is 1. The monoisotopic (exact) mass is 381 g/mol. The van der Waals surface area contributed by atoms with Crippen molar-refractivity contribution in [2.45, 2.75) is 32.5 Å². The molecule has 2 aromatic heterocycles. The standard InChI is InChI=1S/C18H18F3N3OS/c1-3-24(12(2)13-5-4-6-14(9-13)18(19,20)21)16(25)10-15-11-23-7-8-26-17(23)22-15/h4-9,11-12H,3,10H2,1-2H3. The number of halogens is 3. The highest BCUT2D eigenvalue weighted by Crippen LogP contribution is 2.32. The molecule has 1 aromatic carbocycles. The molecule has 1 unspecified atom stereocenters. The summed E-state index contributed by atoms with van der Waals surface area (Å²) < 4.78 is 40.7. The number of hydrogen-bond acceptors (Lipinski definition) is 3. The maximum Gasteiger partial charge on any atom is 0.416 e. The van der Waals surface area contributed by atoms with Crippen LogP contribution in [0.25, 0.3) is 4.96 Å². The molecule has 4 nitrogen and oxygen atoms in total. The minimum atomic E-state index is -4.40. The Morgan fingerprint density at radius 1 is 1.38 bits per heavy atom. The number of alkyl halides is 3. The first kappa shape index (κ1) is 18.4. The molecule has 8 heteroatoms. The largest absolute Gasteiger partial charge is 0.416 e. The molecule has 0 saturated carbocycles. The molecule has 0 saturated heterocycles. The number of hydrogen-bond donors (Lipinski definition) is 0. The number of thiazole rings is 1. The van der Waals surface area contributed by atoms with Crippen LogP contribution in [-0.4, -0.2) is 26.7 Å². The van der Waals surface area contributed by atoms with Gasteiger partial charge >= 0.3 is 6.18 Å². The molecule has 0 fully saturated rings. The average molecular weight is 381 g/mol. The smallest absolute Gasteiger partial charge is 0.336 e. The lowest BCUT2D eigenvalue weighted by atomic mass is 10.0. The van der Waals surface area contributed by atoms with Crippen molar-refractivity contribution in [3.63, 3.8) is 0 Å². The van der Waals surface area contributed by atoms with Crippen molar-refractivity contribution in [3.05, 3.63) is 58.9 Å². The van der Waals surface area contributed by atoms with Crippen LogP contribution in [0.1, 0.15) is 36.7 Å². The van der Waals surface area contributed by atoms with Crippen LogP contribution >= 0.6 is 11.3 Å². The predicted octanol–water partition coefficient (Wildman–Crippen LogP) is 4.57. The van der Waals surface area contributed by atoms with Crippen molar-refractivity contribution in [2.24, 2.45) is 0 Å². The third-order valence-electron chi connectivity index (χ3n) is 4.30. The Balaban J connectivity index is 1.78. The predicted molar refractivity (Wildman–Crippen MR) is 94.0 cm³/mol. The Morgan fingerprint density at radius 2 is 2.15 bits per heavy atom. The van der Waals surface area contributed by atoms with Gasteiger partial charge in [0.1, 0.15) is 0 Å². The quantitative estimate of drug-likeness (QED) is 0.649. The van der Waals surface area contributed by atoms with Gasteiger partial charge in [-0.15, -0.1) is 11.3 Å². The lowest BCUT2D eigenvalue weighted by Crippen LogP contribution is -2.34. The van der Waals surface area contributed by atoms with Gasteiger partial charge in [0, 0.05) is 24.3 Å². The van der Waals surface area contributed by atoms with Crippen molar-refractivity contribution < 1.29 is 18.0 Å². The van der Waals surface area contributed by atoms with Gasteiger partial charge in [-0.05, 0) is 31.5 Å². The number of carbonyl (C=O) groups is 1. The van der Waals surface area contributed by atoms with Gasteiger partial charge in [0.05, 0.1) is 23.7 Å². The Kier molecular flexibility index (Phi) is 5.04. The summed E-state index contributed by atoms with van der Waals surface area (Å²) >= 11 is 1.48. The summed E-state index contributed by atoms with van der Waals surface area (Å²) in [5, 5.41) is 1.90. The van der Waals surface area contributed by atoms with Crippen LogP contribution in [0, 0.1) is 0 Å². The summed E-state index contributed by atoms with van der Waals surface area (Å²) in [5.74, 6) is -0.164. The van der Waals surface area contributed by atoms with Crippen LogP contribution in [0.3, 0.4) is 0 Å². The Hall–Kier alpha value is -2.35. The van der Waals surface area contributed by atoms with Crippen LogP contribution in [0.15, 0.2) is 42.0 Å². The molecule has 1 atom stereocenters. The van der Waals surface area contributed by atoms with E-state index in [1.54, 1.807) is 24.1 Å². The second-order valence-electron chi connectivity index (χ2n) is 5.98. The molecule has 0 radical (unpaired) electrons. The number of likely N-dealkylation sites (N-methyl/N-ethyl adjacent to an activating group) is 1. The maximum atomic E-state index is 12.9. The summed E-state index contributed by atoms with van der Waals surface area (Å²) in [6.07, 6.45) is -0.624. The second kappa shape index (κ2) is 7.11. The number of amides is 1. The fourth-order valence-electron chi connectivity index (χ4n) is 2.94. The Bertz CT molecular complexity index is 887. The average Bonchev–Trinajstić information content (AvgIpc) is 3.16. The molecule has 0 N–H and O–H groups in total. The number of benzene rings is 1. The minimum Gasteiger partial charge on any atom is -0.336 e. The van der Waals surface area contributed by atoms with Crippen molar-refractivity contribution in [1.29, 1.82) is 0 Å². The van der Waals surface area contributed by atoms with E-state index in [1.807, 2.05) is 22.9 Å². The summed E-state index contributed by atoms with van der Waals surface area (Å²) in [4.78, 5) is 19.5. The molecule has 1 amide bonds. The highest BCUT2D eigenvalue weighted by atomic mass is 32.1. The molecule has 0 spiro atoms. The molecular weight excluding hydrogens is 363 g/mol. The lowest BCUT2D eigenvalue weighted by Gasteiger charge is -2.28. The molecule has 26 heavy (non-hydrogen) atoms. The normalized spacial score (nSPS) is 13.1. The fourth-order valence-corrected chi connectivity index (χ4v) is 3.66. The molecule has 0 aliphatic carbocycles. The van der Waals surface area contributed by atoms with Crippen LogP contribution in [-0.2, 0) is 17.4 Å². The van der Waals surface area contributed by atoms with E-state index in [0.29, 0.717) is 17.8 Å². The van der Waals surface area contributed by atoms with E-state index < -0.39 is 17.8 Å². The summed E-state index contributed by atoms with van der Waals surface area (Å²) in [5.41, 5.74) is 0.400. The van der Waals surface area contributed by atoms with E-state index >= 15 is 0 Å². The first-order valence-electron chi connectivity index (χ1n) is 8.17. The van der Waals surface area contributed by atoms with E-state index in [1.165, 1.54) is 17.4 Å². The Morgan fingerprint density at radius 3 is 2.81 bits per heavy atom. The van der Waals surface area contributed by atoms with Crippen molar-refractivity contribution >= 4 is 22.2 Å². The van der Waals surface area contributed by atoms with Gasteiger partial charge in [0.2, 0.25) is 5.91 Å².